The summed E-state index contributed by atoms with van der Waals surface area (Å²) in [5.41, 5.74) is -0.766. The molecule has 0 bridgehead atoms. The summed E-state index contributed by atoms with van der Waals surface area (Å²) in [6.45, 7) is 0. The van der Waals surface area contributed by atoms with E-state index in [0.717, 1.165) is 20.3 Å². The number of phenols is 2. The maximum Gasteiger partial charge on any atom is 0.357 e. The summed E-state index contributed by atoms with van der Waals surface area (Å²) < 4.78 is 11.0. The quantitative estimate of drug-likeness (QED) is 0.357. The molecule has 10 nitrogen and oxygen atoms in total. The van der Waals surface area contributed by atoms with Crippen molar-refractivity contribution in [1.29, 1.82) is 0 Å². The van der Waals surface area contributed by atoms with Crippen LogP contribution in [0.3, 0.4) is 0 Å². The zero-order chi connectivity index (χ0) is 26.4. The molecule has 4 aromatic rings. The number of phenolic OH excluding ortho intramolecular Hbond substituents is 2. The zero-order valence-electron chi connectivity index (χ0n) is 19.5. The van der Waals surface area contributed by atoms with Crippen LogP contribution in [0.15, 0.2) is 60.7 Å². The number of esters is 2. The van der Waals surface area contributed by atoms with Crippen LogP contribution in [-0.4, -0.2) is 57.7 Å². The number of hydrogen-bond donors (Lipinski definition) is 2. The minimum absolute atomic E-state index is 0.0349. The van der Waals surface area contributed by atoms with Gasteiger partial charge in [0.25, 0.3) is 0 Å². The smallest absolute Gasteiger partial charge is 0.357 e. The number of methoxy groups -OCH3 is 2. The summed E-state index contributed by atoms with van der Waals surface area (Å²) in [4.78, 5) is 52.1. The van der Waals surface area contributed by atoms with Crippen molar-refractivity contribution in [2.75, 3.05) is 14.2 Å². The van der Waals surface area contributed by atoms with E-state index >= 15 is 0 Å². The average molecular weight is 498 g/mol. The molecular weight excluding hydrogens is 480 g/mol. The molecule has 184 valence electrons. The third-order valence-electron chi connectivity index (χ3n) is 6.03. The molecule has 0 aliphatic heterocycles. The third kappa shape index (κ3) is 3.54. The van der Waals surface area contributed by atoms with Crippen LogP contribution in [0.1, 0.15) is 52.7 Å². The van der Waals surface area contributed by atoms with Gasteiger partial charge in [-0.15, -0.1) is 0 Å². The molecular formula is C27H18N2O8. The minimum Gasteiger partial charge on any atom is -0.507 e. The molecule has 37 heavy (non-hydrogen) atoms. The van der Waals surface area contributed by atoms with Gasteiger partial charge < -0.3 is 19.7 Å². The van der Waals surface area contributed by atoms with E-state index in [4.69, 9.17) is 9.47 Å². The summed E-state index contributed by atoms with van der Waals surface area (Å²) in [7, 11) is 2.27. The van der Waals surface area contributed by atoms with Crippen molar-refractivity contribution >= 4 is 23.5 Å². The molecule has 1 aliphatic rings. The first-order valence-corrected chi connectivity index (χ1v) is 10.9. The first-order chi connectivity index (χ1) is 17.8. The Labute approximate surface area is 209 Å². The lowest BCUT2D eigenvalue weighted by Gasteiger charge is -2.20. The predicted octanol–water partition coefficient (Wildman–Crippen LogP) is 3.30. The summed E-state index contributed by atoms with van der Waals surface area (Å²) in [6, 6.07) is 15.0. The fourth-order valence-corrected chi connectivity index (χ4v) is 4.38. The number of aromatic hydroxyl groups is 2. The Morgan fingerprint density at radius 1 is 0.784 bits per heavy atom. The number of hydrogen-bond acceptors (Lipinski definition) is 9. The lowest BCUT2D eigenvalue weighted by atomic mass is 9.82. The van der Waals surface area contributed by atoms with Crippen molar-refractivity contribution in [1.82, 2.24) is 9.78 Å². The number of benzene rings is 3. The first-order valence-electron chi connectivity index (χ1n) is 10.9. The molecule has 0 saturated heterocycles. The van der Waals surface area contributed by atoms with E-state index in [2.05, 4.69) is 5.10 Å². The lowest BCUT2D eigenvalue weighted by Crippen LogP contribution is -2.21. The van der Waals surface area contributed by atoms with Crippen LogP contribution in [0, 0.1) is 0 Å². The SMILES string of the molecule is COC(=O)c1c(-c2cc(O)c3c(c2)C(=O)c2cccc(O)c2C3=O)nn(-c2ccccc2)c1C(=O)OC. The molecule has 1 heterocycles. The van der Waals surface area contributed by atoms with E-state index < -0.39 is 29.3 Å². The molecule has 0 unspecified atom stereocenters. The third-order valence-corrected chi connectivity index (χ3v) is 6.03. The molecule has 0 amide bonds. The molecule has 0 atom stereocenters. The van der Waals surface area contributed by atoms with Gasteiger partial charge in [-0.05, 0) is 30.3 Å². The van der Waals surface area contributed by atoms with E-state index in [-0.39, 0.29) is 50.5 Å². The average Bonchev–Trinajstić information content (AvgIpc) is 3.31. The number of aromatic nitrogens is 2. The van der Waals surface area contributed by atoms with Gasteiger partial charge >= 0.3 is 11.9 Å². The van der Waals surface area contributed by atoms with Crippen molar-refractivity contribution < 1.29 is 38.9 Å². The summed E-state index contributed by atoms with van der Waals surface area (Å²) in [5, 5.41) is 25.5. The van der Waals surface area contributed by atoms with Gasteiger partial charge in [-0.25, -0.2) is 14.3 Å². The molecule has 1 aromatic heterocycles. The van der Waals surface area contributed by atoms with Crippen LogP contribution in [0.5, 0.6) is 11.5 Å². The summed E-state index contributed by atoms with van der Waals surface area (Å²) >= 11 is 0. The molecule has 0 fully saturated rings. The van der Waals surface area contributed by atoms with Crippen molar-refractivity contribution in [2.45, 2.75) is 0 Å². The second-order valence-corrected chi connectivity index (χ2v) is 8.08. The molecule has 0 spiro atoms. The highest BCUT2D eigenvalue weighted by Crippen LogP contribution is 2.40. The number of ketones is 2. The van der Waals surface area contributed by atoms with Crippen LogP contribution in [0.4, 0.5) is 0 Å². The highest BCUT2D eigenvalue weighted by Gasteiger charge is 2.36. The van der Waals surface area contributed by atoms with Crippen LogP contribution >= 0.6 is 0 Å². The highest BCUT2D eigenvalue weighted by atomic mass is 16.5. The Balaban J connectivity index is 1.80. The highest BCUT2D eigenvalue weighted by molar-refractivity contribution is 6.30. The molecule has 10 heteroatoms. The molecule has 0 radical (unpaired) electrons. The van der Waals surface area contributed by atoms with Crippen molar-refractivity contribution in [3.8, 4) is 28.4 Å². The van der Waals surface area contributed by atoms with Gasteiger partial charge in [0.15, 0.2) is 11.5 Å². The Morgan fingerprint density at radius 3 is 2.14 bits per heavy atom. The molecule has 2 N–H and O–H groups in total. The maximum absolute atomic E-state index is 13.3. The molecule has 5 rings (SSSR count). The number of fused-ring (bicyclic) bond motifs is 2. The zero-order valence-corrected chi connectivity index (χ0v) is 19.5. The topological polar surface area (TPSA) is 145 Å². The van der Waals surface area contributed by atoms with Crippen LogP contribution < -0.4 is 0 Å². The van der Waals surface area contributed by atoms with Gasteiger partial charge in [-0.2, -0.15) is 5.10 Å². The number of ether oxygens (including phenoxy) is 2. The number of nitrogens with zero attached hydrogens (tertiary/aromatic N) is 2. The Kier molecular flexibility index (Phi) is 5.56. The van der Waals surface area contributed by atoms with Gasteiger partial charge in [-0.3, -0.25) is 9.59 Å². The minimum atomic E-state index is -0.910. The Bertz CT molecular complexity index is 1640. The number of carbonyl (C=O) groups is 4. The number of para-hydroxylation sites is 1. The molecule has 1 aliphatic carbocycles. The monoisotopic (exact) mass is 498 g/mol. The van der Waals surface area contributed by atoms with Gasteiger partial charge in [-0.1, -0.05) is 30.3 Å². The van der Waals surface area contributed by atoms with Crippen LogP contribution in [0.2, 0.25) is 0 Å². The number of rotatable bonds is 4. The van der Waals surface area contributed by atoms with E-state index in [1.165, 1.54) is 28.9 Å². The number of carbonyl (C=O) groups excluding carboxylic acids is 4. The molecule has 3 aromatic carbocycles. The Hall–Kier alpha value is -5.25. The van der Waals surface area contributed by atoms with E-state index in [9.17, 15) is 29.4 Å². The maximum atomic E-state index is 13.3. The van der Waals surface area contributed by atoms with Crippen molar-refractivity contribution in [3.63, 3.8) is 0 Å². The largest absolute Gasteiger partial charge is 0.507 e. The fourth-order valence-electron chi connectivity index (χ4n) is 4.38. The Morgan fingerprint density at radius 2 is 1.46 bits per heavy atom. The first kappa shape index (κ1) is 23.5. The van der Waals surface area contributed by atoms with Crippen LogP contribution in [0.25, 0.3) is 16.9 Å². The summed E-state index contributed by atoms with van der Waals surface area (Å²) in [5.74, 6) is -4.09. The van der Waals surface area contributed by atoms with Crippen LogP contribution in [-0.2, 0) is 9.47 Å². The van der Waals surface area contributed by atoms with E-state index in [1.807, 2.05) is 0 Å². The van der Waals surface area contributed by atoms with Gasteiger partial charge in [0.05, 0.1) is 31.0 Å². The fraction of sp³-hybridized carbons (Fsp3) is 0.0741. The van der Waals surface area contributed by atoms with Gasteiger partial charge in [0.1, 0.15) is 22.8 Å². The lowest BCUT2D eigenvalue weighted by molar-refractivity contribution is 0.0549. The van der Waals surface area contributed by atoms with E-state index in [0.29, 0.717) is 5.69 Å². The second-order valence-electron chi connectivity index (χ2n) is 8.08. The van der Waals surface area contributed by atoms with Gasteiger partial charge in [0.2, 0.25) is 5.78 Å². The standard InChI is InChI=1S/C27H18N2O8/c1-36-26(34)21-22(28-29(23(21)27(35)37-2)14-7-4-3-5-8-14)13-11-16-20(18(31)12-13)25(33)19-15(24(16)32)9-6-10-17(19)30/h3-12,30-31H,1-2H3. The van der Waals surface area contributed by atoms with E-state index in [1.54, 1.807) is 30.3 Å². The van der Waals surface area contributed by atoms with Gasteiger partial charge in [0, 0.05) is 16.7 Å². The van der Waals surface area contributed by atoms with Crippen molar-refractivity contribution in [2.24, 2.45) is 0 Å². The second kappa shape index (κ2) is 8.76. The molecule has 0 saturated carbocycles. The summed E-state index contributed by atoms with van der Waals surface area (Å²) in [6.07, 6.45) is 0. The normalized spacial score (nSPS) is 12.1. The van der Waals surface area contributed by atoms with Crippen molar-refractivity contribution in [3.05, 3.63) is 94.2 Å². The predicted molar refractivity (Wildman–Crippen MR) is 128 cm³/mol.